The number of hydrogen-bond acceptors (Lipinski definition) is 5. The quantitative estimate of drug-likeness (QED) is 0.523. The van der Waals surface area contributed by atoms with Gasteiger partial charge in [0.05, 0.1) is 12.7 Å². The number of esters is 1. The van der Waals surface area contributed by atoms with Gasteiger partial charge < -0.3 is 20.5 Å². The molecule has 1 aliphatic heterocycles. The summed E-state index contributed by atoms with van der Waals surface area (Å²) in [5, 5.41) is 2.75. The molecule has 0 bridgehead atoms. The summed E-state index contributed by atoms with van der Waals surface area (Å²) in [4.78, 5) is 22.7. The van der Waals surface area contributed by atoms with Crippen LogP contribution >= 0.6 is 12.4 Å². The number of halogens is 1. The minimum absolute atomic E-state index is 0. The standard InChI is InChI=1S/C12H22N2O4.ClH/c1-2-17-11(15)4-3-7-14-12(16)10-6-5-9(8-13)18-10;/h9-10H,2-8,13H2,1H3,(H,14,16);1H/t9-,10+;/m1./s1. The maximum Gasteiger partial charge on any atom is 0.305 e. The van der Waals surface area contributed by atoms with Crippen molar-refractivity contribution in [3.8, 4) is 0 Å². The highest BCUT2D eigenvalue weighted by Gasteiger charge is 2.29. The van der Waals surface area contributed by atoms with E-state index in [4.69, 9.17) is 15.2 Å². The lowest BCUT2D eigenvalue weighted by atomic mass is 10.2. The van der Waals surface area contributed by atoms with Crippen molar-refractivity contribution in [2.45, 2.75) is 44.8 Å². The minimum Gasteiger partial charge on any atom is -0.466 e. The molecule has 2 atom stereocenters. The van der Waals surface area contributed by atoms with E-state index in [0.717, 1.165) is 6.42 Å². The average molecular weight is 295 g/mol. The third-order valence-electron chi connectivity index (χ3n) is 2.83. The molecule has 0 radical (unpaired) electrons. The van der Waals surface area contributed by atoms with E-state index < -0.39 is 0 Å². The lowest BCUT2D eigenvalue weighted by molar-refractivity contribution is -0.143. The fraction of sp³-hybridized carbons (Fsp3) is 0.833. The predicted molar refractivity (Wildman–Crippen MR) is 73.1 cm³/mol. The predicted octanol–water partition coefficient (Wildman–Crippen LogP) is 0.374. The highest BCUT2D eigenvalue weighted by molar-refractivity contribution is 5.85. The summed E-state index contributed by atoms with van der Waals surface area (Å²) in [5.41, 5.74) is 5.47. The third kappa shape index (κ3) is 6.75. The summed E-state index contributed by atoms with van der Waals surface area (Å²) in [6, 6.07) is 0. The molecule has 1 saturated heterocycles. The highest BCUT2D eigenvalue weighted by atomic mass is 35.5. The first-order valence-electron chi connectivity index (χ1n) is 6.46. The van der Waals surface area contributed by atoms with Crippen LogP contribution in [-0.4, -0.2) is 43.8 Å². The van der Waals surface area contributed by atoms with E-state index in [9.17, 15) is 9.59 Å². The zero-order valence-electron chi connectivity index (χ0n) is 11.2. The molecule has 0 spiro atoms. The Labute approximate surface area is 119 Å². The lowest BCUT2D eigenvalue weighted by Gasteiger charge is -2.12. The van der Waals surface area contributed by atoms with Crippen molar-refractivity contribution in [2.75, 3.05) is 19.7 Å². The van der Waals surface area contributed by atoms with Crippen LogP contribution in [-0.2, 0) is 19.1 Å². The number of nitrogens with two attached hydrogens (primary N) is 1. The molecule has 1 heterocycles. The molecule has 1 amide bonds. The van der Waals surface area contributed by atoms with Gasteiger partial charge in [0, 0.05) is 19.5 Å². The van der Waals surface area contributed by atoms with E-state index in [1.165, 1.54) is 0 Å². The maximum atomic E-state index is 11.7. The molecule has 0 aromatic rings. The monoisotopic (exact) mass is 294 g/mol. The largest absolute Gasteiger partial charge is 0.466 e. The molecular formula is C12H23ClN2O4. The number of carbonyl (C=O) groups is 2. The summed E-state index contributed by atoms with van der Waals surface area (Å²) in [6.07, 6.45) is 2.06. The Morgan fingerprint density at radius 1 is 1.42 bits per heavy atom. The van der Waals surface area contributed by atoms with Gasteiger partial charge in [-0.05, 0) is 26.2 Å². The van der Waals surface area contributed by atoms with Crippen molar-refractivity contribution in [3.63, 3.8) is 0 Å². The van der Waals surface area contributed by atoms with Gasteiger partial charge in [-0.3, -0.25) is 9.59 Å². The molecule has 0 aliphatic carbocycles. The molecule has 0 saturated carbocycles. The second-order valence-corrected chi connectivity index (χ2v) is 4.26. The van der Waals surface area contributed by atoms with Crippen LogP contribution in [0.3, 0.4) is 0 Å². The molecule has 1 rings (SSSR count). The molecule has 3 N–H and O–H groups in total. The van der Waals surface area contributed by atoms with Crippen LogP contribution in [0, 0.1) is 0 Å². The molecule has 1 aliphatic rings. The molecule has 0 aromatic heterocycles. The maximum absolute atomic E-state index is 11.7. The van der Waals surface area contributed by atoms with E-state index in [-0.39, 0.29) is 36.5 Å². The molecule has 6 nitrogen and oxygen atoms in total. The summed E-state index contributed by atoms with van der Waals surface area (Å²) in [7, 11) is 0. The van der Waals surface area contributed by atoms with Crippen LogP contribution in [0.4, 0.5) is 0 Å². The van der Waals surface area contributed by atoms with Crippen LogP contribution < -0.4 is 11.1 Å². The Morgan fingerprint density at radius 2 is 2.16 bits per heavy atom. The number of hydrogen-bond donors (Lipinski definition) is 2. The molecule has 0 unspecified atom stereocenters. The zero-order chi connectivity index (χ0) is 13.4. The van der Waals surface area contributed by atoms with Crippen molar-refractivity contribution in [1.29, 1.82) is 0 Å². The van der Waals surface area contributed by atoms with E-state index in [1.54, 1.807) is 6.92 Å². The molecule has 1 fully saturated rings. The van der Waals surface area contributed by atoms with E-state index in [1.807, 2.05) is 0 Å². The fourth-order valence-electron chi connectivity index (χ4n) is 1.86. The summed E-state index contributed by atoms with van der Waals surface area (Å²) in [5.74, 6) is -0.345. The number of carbonyl (C=O) groups excluding carboxylic acids is 2. The van der Waals surface area contributed by atoms with Crippen LogP contribution in [0.1, 0.15) is 32.6 Å². The Bertz CT molecular complexity index is 289. The number of amides is 1. The van der Waals surface area contributed by atoms with Crippen LogP contribution in [0.25, 0.3) is 0 Å². The van der Waals surface area contributed by atoms with Gasteiger partial charge in [0.15, 0.2) is 0 Å². The van der Waals surface area contributed by atoms with E-state index >= 15 is 0 Å². The minimum atomic E-state index is -0.388. The van der Waals surface area contributed by atoms with Crippen molar-refractivity contribution < 1.29 is 19.1 Å². The second kappa shape index (κ2) is 10.00. The highest BCUT2D eigenvalue weighted by Crippen LogP contribution is 2.18. The topological polar surface area (TPSA) is 90.7 Å². The van der Waals surface area contributed by atoms with Gasteiger partial charge in [0.2, 0.25) is 5.91 Å². The molecule has 112 valence electrons. The van der Waals surface area contributed by atoms with Crippen molar-refractivity contribution in [1.82, 2.24) is 5.32 Å². The second-order valence-electron chi connectivity index (χ2n) is 4.26. The zero-order valence-corrected chi connectivity index (χ0v) is 12.0. The lowest BCUT2D eigenvalue weighted by Crippen LogP contribution is -2.36. The first-order chi connectivity index (χ1) is 8.67. The van der Waals surface area contributed by atoms with Gasteiger partial charge in [-0.1, -0.05) is 0 Å². The molecule has 19 heavy (non-hydrogen) atoms. The van der Waals surface area contributed by atoms with Gasteiger partial charge in [0.25, 0.3) is 0 Å². The Kier molecular flexibility index (Phi) is 9.55. The SMILES string of the molecule is CCOC(=O)CCCNC(=O)[C@@H]1CC[C@H](CN)O1.Cl. The van der Waals surface area contributed by atoms with Crippen molar-refractivity contribution in [3.05, 3.63) is 0 Å². The molecular weight excluding hydrogens is 272 g/mol. The smallest absolute Gasteiger partial charge is 0.305 e. The first-order valence-corrected chi connectivity index (χ1v) is 6.46. The Morgan fingerprint density at radius 3 is 2.74 bits per heavy atom. The number of nitrogens with one attached hydrogen (secondary N) is 1. The Hall–Kier alpha value is -0.850. The molecule has 7 heteroatoms. The normalized spacial score (nSPS) is 21.6. The van der Waals surface area contributed by atoms with Gasteiger partial charge >= 0.3 is 5.97 Å². The first kappa shape index (κ1) is 18.1. The van der Waals surface area contributed by atoms with Crippen LogP contribution in [0.15, 0.2) is 0 Å². The summed E-state index contributed by atoms with van der Waals surface area (Å²) < 4.78 is 10.2. The number of rotatable bonds is 7. The fourth-order valence-corrected chi connectivity index (χ4v) is 1.86. The van der Waals surface area contributed by atoms with E-state index in [0.29, 0.717) is 39.0 Å². The van der Waals surface area contributed by atoms with Crippen LogP contribution in [0.5, 0.6) is 0 Å². The van der Waals surface area contributed by atoms with Gasteiger partial charge in [0.1, 0.15) is 6.10 Å². The Balaban J connectivity index is 0.00000324. The third-order valence-corrected chi connectivity index (χ3v) is 2.83. The van der Waals surface area contributed by atoms with Gasteiger partial charge in [-0.25, -0.2) is 0 Å². The van der Waals surface area contributed by atoms with E-state index in [2.05, 4.69) is 5.32 Å². The molecule has 0 aromatic carbocycles. The van der Waals surface area contributed by atoms with Gasteiger partial charge in [-0.15, -0.1) is 12.4 Å². The number of ether oxygens (including phenoxy) is 2. The summed E-state index contributed by atoms with van der Waals surface area (Å²) >= 11 is 0. The summed E-state index contributed by atoms with van der Waals surface area (Å²) in [6.45, 7) is 3.07. The van der Waals surface area contributed by atoms with Crippen molar-refractivity contribution in [2.24, 2.45) is 5.73 Å². The average Bonchev–Trinajstić information content (AvgIpc) is 2.83. The van der Waals surface area contributed by atoms with Crippen molar-refractivity contribution >= 4 is 24.3 Å². The van der Waals surface area contributed by atoms with Crippen LogP contribution in [0.2, 0.25) is 0 Å². The van der Waals surface area contributed by atoms with Gasteiger partial charge in [-0.2, -0.15) is 0 Å².